The van der Waals surface area contributed by atoms with Gasteiger partial charge >= 0.3 is 0 Å². The van der Waals surface area contributed by atoms with Gasteiger partial charge in [0.1, 0.15) is 5.75 Å². The Hall–Kier alpha value is -2.58. The van der Waals surface area contributed by atoms with Crippen molar-refractivity contribution in [1.82, 2.24) is 25.3 Å². The average molecular weight is 392 g/mol. The van der Waals surface area contributed by atoms with Gasteiger partial charge in [0.2, 0.25) is 0 Å². The van der Waals surface area contributed by atoms with Crippen LogP contribution in [0, 0.1) is 0 Å². The third-order valence-corrected chi connectivity index (χ3v) is 4.96. The van der Waals surface area contributed by atoms with Crippen molar-refractivity contribution in [3.05, 3.63) is 46.8 Å². The van der Waals surface area contributed by atoms with E-state index in [1.165, 1.54) is 12.1 Å². The second-order valence-corrected chi connectivity index (χ2v) is 6.59. The van der Waals surface area contributed by atoms with E-state index in [4.69, 9.17) is 0 Å². The molecule has 0 aliphatic carbocycles. The summed E-state index contributed by atoms with van der Waals surface area (Å²) in [6.07, 6.45) is 0.849. The number of phenolic OH excluding ortho intramolecular Hbond substituents is 1. The summed E-state index contributed by atoms with van der Waals surface area (Å²) in [5, 5.41) is 20.0. The number of fused-ring (bicyclic) bond motifs is 1. The fourth-order valence-electron chi connectivity index (χ4n) is 3.49. The SMILES string of the molecule is Cl.O=C(c1cccc(O)c1)N1CCN(C(=O)c2n[nH]c3c2CNCC3)CC1. The van der Waals surface area contributed by atoms with E-state index in [0.717, 1.165) is 24.2 Å². The molecule has 4 rings (SSSR count). The number of phenols is 1. The van der Waals surface area contributed by atoms with Gasteiger partial charge in [-0.05, 0) is 18.2 Å². The first kappa shape index (κ1) is 19.2. The molecule has 8 nitrogen and oxygen atoms in total. The predicted octanol–water partition coefficient (Wildman–Crippen LogP) is 0.781. The monoisotopic (exact) mass is 391 g/mol. The zero-order valence-electron chi connectivity index (χ0n) is 14.8. The first-order chi connectivity index (χ1) is 12.6. The van der Waals surface area contributed by atoms with Gasteiger partial charge in [-0.3, -0.25) is 14.7 Å². The second-order valence-electron chi connectivity index (χ2n) is 6.59. The number of H-pyrrole nitrogens is 1. The molecule has 0 radical (unpaired) electrons. The summed E-state index contributed by atoms with van der Waals surface area (Å²) in [4.78, 5) is 28.8. The Balaban J connectivity index is 0.00000210. The number of carbonyl (C=O) groups excluding carboxylic acids is 2. The Morgan fingerprint density at radius 2 is 1.78 bits per heavy atom. The van der Waals surface area contributed by atoms with Gasteiger partial charge in [-0.2, -0.15) is 5.10 Å². The van der Waals surface area contributed by atoms with Crippen molar-refractivity contribution in [2.45, 2.75) is 13.0 Å². The third kappa shape index (κ3) is 3.77. The Kier molecular flexibility index (Phi) is 5.67. The molecule has 0 unspecified atom stereocenters. The van der Waals surface area contributed by atoms with Crippen LogP contribution in [0.1, 0.15) is 32.1 Å². The van der Waals surface area contributed by atoms with Crippen LogP contribution >= 0.6 is 12.4 Å². The van der Waals surface area contributed by atoms with E-state index >= 15 is 0 Å². The molecule has 9 heteroatoms. The lowest BCUT2D eigenvalue weighted by Gasteiger charge is -2.34. The van der Waals surface area contributed by atoms with E-state index in [9.17, 15) is 14.7 Å². The highest BCUT2D eigenvalue weighted by Crippen LogP contribution is 2.19. The van der Waals surface area contributed by atoms with Gasteiger partial charge in [0.25, 0.3) is 11.8 Å². The first-order valence-corrected chi connectivity index (χ1v) is 8.78. The lowest BCUT2D eigenvalue weighted by atomic mass is 10.1. The quantitative estimate of drug-likeness (QED) is 0.702. The van der Waals surface area contributed by atoms with Crippen molar-refractivity contribution in [2.75, 3.05) is 32.7 Å². The highest BCUT2D eigenvalue weighted by atomic mass is 35.5. The minimum Gasteiger partial charge on any atom is -0.508 e. The summed E-state index contributed by atoms with van der Waals surface area (Å²) in [7, 11) is 0. The Bertz CT molecular complexity index is 845. The zero-order chi connectivity index (χ0) is 18.1. The van der Waals surface area contributed by atoms with Crippen molar-refractivity contribution in [3.8, 4) is 5.75 Å². The van der Waals surface area contributed by atoms with E-state index in [2.05, 4.69) is 15.5 Å². The van der Waals surface area contributed by atoms with Crippen molar-refractivity contribution >= 4 is 24.2 Å². The zero-order valence-corrected chi connectivity index (χ0v) is 15.6. The molecular formula is C18H22ClN5O3. The fourth-order valence-corrected chi connectivity index (χ4v) is 3.49. The number of halogens is 1. The normalized spacial score (nSPS) is 16.4. The summed E-state index contributed by atoms with van der Waals surface area (Å²) < 4.78 is 0. The van der Waals surface area contributed by atoms with Crippen molar-refractivity contribution < 1.29 is 14.7 Å². The maximum Gasteiger partial charge on any atom is 0.274 e. The molecule has 2 aromatic rings. The number of nitrogens with zero attached hydrogens (tertiary/aromatic N) is 3. The number of hydrogen-bond acceptors (Lipinski definition) is 5. The molecule has 3 heterocycles. The van der Waals surface area contributed by atoms with E-state index in [1.807, 2.05) is 0 Å². The number of amides is 2. The molecule has 0 saturated carbocycles. The number of aromatic amines is 1. The Morgan fingerprint density at radius 3 is 2.48 bits per heavy atom. The number of rotatable bonds is 2. The van der Waals surface area contributed by atoms with Crippen LogP contribution in [-0.4, -0.2) is 69.6 Å². The molecule has 2 aliphatic rings. The second kappa shape index (κ2) is 7.98. The lowest BCUT2D eigenvalue weighted by molar-refractivity contribution is 0.0531. The summed E-state index contributed by atoms with van der Waals surface area (Å²) in [5.74, 6) is -0.147. The van der Waals surface area contributed by atoms with Crippen LogP contribution in [-0.2, 0) is 13.0 Å². The maximum absolute atomic E-state index is 12.8. The van der Waals surface area contributed by atoms with E-state index < -0.39 is 0 Å². The van der Waals surface area contributed by atoms with Gasteiger partial charge in [0, 0.05) is 62.5 Å². The molecule has 1 aromatic heterocycles. The number of piperazine rings is 1. The van der Waals surface area contributed by atoms with Crippen molar-refractivity contribution in [1.29, 1.82) is 0 Å². The van der Waals surface area contributed by atoms with Crippen LogP contribution < -0.4 is 5.32 Å². The maximum atomic E-state index is 12.8. The summed E-state index contributed by atoms with van der Waals surface area (Å²) in [6.45, 7) is 3.41. The number of hydrogen-bond donors (Lipinski definition) is 3. The van der Waals surface area contributed by atoms with Crippen molar-refractivity contribution in [2.24, 2.45) is 0 Å². The molecule has 2 aliphatic heterocycles. The molecule has 1 saturated heterocycles. The van der Waals surface area contributed by atoms with Gasteiger partial charge in [0.05, 0.1) is 0 Å². The molecule has 3 N–H and O–H groups in total. The minimum atomic E-state index is -0.130. The van der Waals surface area contributed by atoms with E-state index in [-0.39, 0.29) is 30.0 Å². The molecule has 0 atom stereocenters. The smallest absolute Gasteiger partial charge is 0.274 e. The molecule has 2 amide bonds. The number of nitrogens with one attached hydrogen (secondary N) is 2. The molecule has 27 heavy (non-hydrogen) atoms. The summed E-state index contributed by atoms with van der Waals surface area (Å²) in [5.41, 5.74) is 2.93. The van der Waals surface area contributed by atoms with Crippen LogP contribution in [0.25, 0.3) is 0 Å². The third-order valence-electron chi connectivity index (χ3n) is 4.96. The molecule has 1 fully saturated rings. The largest absolute Gasteiger partial charge is 0.508 e. The van der Waals surface area contributed by atoms with Gasteiger partial charge in [-0.15, -0.1) is 12.4 Å². The molecule has 144 valence electrons. The van der Waals surface area contributed by atoms with Crippen LogP contribution in [0.3, 0.4) is 0 Å². The topological polar surface area (TPSA) is 102 Å². The lowest BCUT2D eigenvalue weighted by Crippen LogP contribution is -2.50. The van der Waals surface area contributed by atoms with E-state index in [1.54, 1.807) is 21.9 Å². The van der Waals surface area contributed by atoms with Crippen molar-refractivity contribution in [3.63, 3.8) is 0 Å². The highest BCUT2D eigenvalue weighted by Gasteiger charge is 2.29. The van der Waals surface area contributed by atoms with Crippen LogP contribution in [0.2, 0.25) is 0 Å². The van der Waals surface area contributed by atoms with Gasteiger partial charge in [-0.25, -0.2) is 0 Å². The standard InChI is InChI=1S/C18H21N5O3.ClH/c24-13-3-1-2-12(10-13)17(25)22-6-8-23(9-7-22)18(26)16-14-11-19-5-4-15(14)20-21-16;/h1-3,10,19,24H,4-9,11H2,(H,20,21);1H. The van der Waals surface area contributed by atoms with E-state index in [0.29, 0.717) is 44.0 Å². The summed E-state index contributed by atoms with van der Waals surface area (Å²) >= 11 is 0. The van der Waals surface area contributed by atoms with Gasteiger partial charge in [0.15, 0.2) is 5.69 Å². The average Bonchev–Trinajstić information content (AvgIpc) is 3.11. The van der Waals surface area contributed by atoms with Gasteiger partial charge in [-0.1, -0.05) is 6.07 Å². The van der Waals surface area contributed by atoms with Crippen LogP contribution in [0.5, 0.6) is 5.75 Å². The van der Waals surface area contributed by atoms with Crippen LogP contribution in [0.4, 0.5) is 0 Å². The molecule has 1 aromatic carbocycles. The van der Waals surface area contributed by atoms with Gasteiger partial charge < -0.3 is 20.2 Å². The predicted molar refractivity (Wildman–Crippen MR) is 101 cm³/mol. The number of aromatic hydroxyl groups is 1. The summed E-state index contributed by atoms with van der Waals surface area (Å²) in [6, 6.07) is 6.33. The number of benzene rings is 1. The number of carbonyl (C=O) groups is 2. The minimum absolute atomic E-state index is 0. The molecule has 0 bridgehead atoms. The fraction of sp³-hybridized carbons (Fsp3) is 0.389. The highest BCUT2D eigenvalue weighted by molar-refractivity contribution is 5.96. The Morgan fingerprint density at radius 1 is 1.07 bits per heavy atom. The molecule has 0 spiro atoms. The molecular weight excluding hydrogens is 370 g/mol. The number of aromatic nitrogens is 2. The Labute approximate surface area is 162 Å². The van der Waals surface area contributed by atoms with Crippen LogP contribution in [0.15, 0.2) is 24.3 Å². The first-order valence-electron chi connectivity index (χ1n) is 8.78.